The van der Waals surface area contributed by atoms with Crippen LogP contribution < -0.4 is 0 Å². The van der Waals surface area contributed by atoms with Gasteiger partial charge >= 0.3 is 0 Å². The van der Waals surface area contributed by atoms with Gasteiger partial charge in [-0.05, 0) is 25.8 Å². The number of hydrogen-bond donors (Lipinski definition) is 1. The minimum Gasteiger partial charge on any atom is -0.388 e. The van der Waals surface area contributed by atoms with Crippen LogP contribution in [0.5, 0.6) is 0 Å². The van der Waals surface area contributed by atoms with Gasteiger partial charge in [-0.2, -0.15) is 0 Å². The molecule has 1 aromatic carbocycles. The molecule has 0 spiro atoms. The molecule has 2 rings (SSSR count). The highest BCUT2D eigenvalue weighted by atomic mass is 32.2. The van der Waals surface area contributed by atoms with Crippen LogP contribution in [0.4, 0.5) is 0 Å². The molecule has 22 heavy (non-hydrogen) atoms. The molecule has 0 aliphatic carbocycles. The number of thioether (sulfide) groups is 1. The van der Waals surface area contributed by atoms with E-state index in [0.29, 0.717) is 12.4 Å². The first-order valence-electron chi connectivity index (χ1n) is 7.36. The van der Waals surface area contributed by atoms with Crippen LogP contribution in [0.25, 0.3) is 0 Å². The van der Waals surface area contributed by atoms with Crippen LogP contribution in [-0.2, 0) is 11.3 Å². The SMILES string of the molecule is COCCCn1cnnc1SCC(O)c1cc(C)cc(C)c1. The van der Waals surface area contributed by atoms with Gasteiger partial charge in [-0.3, -0.25) is 0 Å². The zero-order valence-corrected chi connectivity index (χ0v) is 14.1. The number of nitrogens with zero attached hydrogens (tertiary/aromatic N) is 3. The summed E-state index contributed by atoms with van der Waals surface area (Å²) >= 11 is 1.52. The lowest BCUT2D eigenvalue weighted by Gasteiger charge is -2.12. The Balaban J connectivity index is 1.93. The lowest BCUT2D eigenvalue weighted by atomic mass is 10.0. The number of rotatable bonds is 8. The fourth-order valence-corrected chi connectivity index (χ4v) is 3.25. The van der Waals surface area contributed by atoms with Crippen molar-refractivity contribution >= 4 is 11.8 Å². The van der Waals surface area contributed by atoms with Gasteiger partial charge in [-0.15, -0.1) is 10.2 Å². The summed E-state index contributed by atoms with van der Waals surface area (Å²) in [6, 6.07) is 6.17. The second kappa shape index (κ2) is 8.31. The van der Waals surface area contributed by atoms with Gasteiger partial charge in [-0.25, -0.2) is 0 Å². The summed E-state index contributed by atoms with van der Waals surface area (Å²) in [7, 11) is 1.70. The molecule has 0 radical (unpaired) electrons. The average Bonchev–Trinajstić information content (AvgIpc) is 2.91. The van der Waals surface area contributed by atoms with Crippen molar-refractivity contribution in [3.05, 3.63) is 41.2 Å². The van der Waals surface area contributed by atoms with Crippen molar-refractivity contribution in [3.63, 3.8) is 0 Å². The van der Waals surface area contributed by atoms with Gasteiger partial charge < -0.3 is 14.4 Å². The molecule has 120 valence electrons. The monoisotopic (exact) mass is 321 g/mol. The van der Waals surface area contributed by atoms with Gasteiger partial charge in [0.05, 0.1) is 6.10 Å². The van der Waals surface area contributed by atoms with E-state index >= 15 is 0 Å². The summed E-state index contributed by atoms with van der Waals surface area (Å²) in [5.41, 5.74) is 3.29. The molecule has 0 bridgehead atoms. The molecular weight excluding hydrogens is 298 g/mol. The molecule has 0 aliphatic rings. The van der Waals surface area contributed by atoms with Crippen molar-refractivity contribution in [3.8, 4) is 0 Å². The second-order valence-corrected chi connectivity index (χ2v) is 6.39. The van der Waals surface area contributed by atoms with E-state index < -0.39 is 6.10 Å². The zero-order chi connectivity index (χ0) is 15.9. The molecule has 0 saturated carbocycles. The van der Waals surface area contributed by atoms with E-state index in [1.807, 2.05) is 30.5 Å². The van der Waals surface area contributed by atoms with E-state index in [0.717, 1.165) is 23.7 Å². The van der Waals surface area contributed by atoms with Crippen LogP contribution in [0.2, 0.25) is 0 Å². The third-order valence-electron chi connectivity index (χ3n) is 3.33. The highest BCUT2D eigenvalue weighted by Crippen LogP contribution is 2.24. The van der Waals surface area contributed by atoms with Crippen molar-refractivity contribution < 1.29 is 9.84 Å². The highest BCUT2D eigenvalue weighted by molar-refractivity contribution is 7.99. The van der Waals surface area contributed by atoms with Gasteiger partial charge in [0.15, 0.2) is 5.16 Å². The highest BCUT2D eigenvalue weighted by Gasteiger charge is 2.12. The maximum Gasteiger partial charge on any atom is 0.191 e. The predicted molar refractivity (Wildman–Crippen MR) is 88.1 cm³/mol. The fourth-order valence-electron chi connectivity index (χ4n) is 2.34. The van der Waals surface area contributed by atoms with Crippen molar-refractivity contribution in [2.75, 3.05) is 19.5 Å². The topological polar surface area (TPSA) is 60.2 Å². The molecular formula is C16H23N3O2S. The average molecular weight is 321 g/mol. The third-order valence-corrected chi connectivity index (χ3v) is 4.38. The van der Waals surface area contributed by atoms with Crippen LogP contribution in [0, 0.1) is 13.8 Å². The molecule has 5 nitrogen and oxygen atoms in total. The van der Waals surface area contributed by atoms with Crippen LogP contribution in [0.15, 0.2) is 29.7 Å². The number of aromatic nitrogens is 3. The molecule has 0 saturated heterocycles. The van der Waals surface area contributed by atoms with Gasteiger partial charge in [0.1, 0.15) is 6.33 Å². The van der Waals surface area contributed by atoms with Crippen LogP contribution >= 0.6 is 11.8 Å². The molecule has 1 atom stereocenters. The smallest absolute Gasteiger partial charge is 0.191 e. The van der Waals surface area contributed by atoms with E-state index in [1.165, 1.54) is 22.9 Å². The van der Waals surface area contributed by atoms with Crippen molar-refractivity contribution in [1.82, 2.24) is 14.8 Å². The lowest BCUT2D eigenvalue weighted by molar-refractivity contribution is 0.189. The molecule has 1 N–H and O–H groups in total. The molecule has 1 aromatic heterocycles. The number of aliphatic hydroxyl groups is 1. The molecule has 6 heteroatoms. The Hall–Kier alpha value is -1.37. The van der Waals surface area contributed by atoms with E-state index in [-0.39, 0.29) is 0 Å². The third kappa shape index (κ3) is 4.83. The first kappa shape index (κ1) is 17.0. The summed E-state index contributed by atoms with van der Waals surface area (Å²) < 4.78 is 7.06. The summed E-state index contributed by atoms with van der Waals surface area (Å²) in [5, 5.41) is 19.3. The first-order valence-corrected chi connectivity index (χ1v) is 8.34. The van der Waals surface area contributed by atoms with Crippen molar-refractivity contribution in [2.24, 2.45) is 0 Å². The predicted octanol–water partition coefficient (Wildman–Crippen LogP) is 2.76. The van der Waals surface area contributed by atoms with E-state index in [1.54, 1.807) is 13.4 Å². The summed E-state index contributed by atoms with van der Waals surface area (Å²) in [6.45, 7) is 5.63. The molecule has 0 amide bonds. The Labute approximate surface area is 135 Å². The van der Waals surface area contributed by atoms with Crippen LogP contribution in [0.1, 0.15) is 29.2 Å². The van der Waals surface area contributed by atoms with Gasteiger partial charge in [0, 0.05) is 26.0 Å². The van der Waals surface area contributed by atoms with E-state index in [2.05, 4.69) is 16.3 Å². The largest absolute Gasteiger partial charge is 0.388 e. The number of hydrogen-bond acceptors (Lipinski definition) is 5. The Kier molecular flexibility index (Phi) is 6.42. The van der Waals surface area contributed by atoms with Gasteiger partial charge in [0.25, 0.3) is 0 Å². The lowest BCUT2D eigenvalue weighted by Crippen LogP contribution is -2.05. The van der Waals surface area contributed by atoms with Crippen LogP contribution in [-0.4, -0.2) is 39.3 Å². The number of ether oxygens (including phenoxy) is 1. The Morgan fingerprint density at radius 2 is 2.00 bits per heavy atom. The molecule has 0 aliphatic heterocycles. The van der Waals surface area contributed by atoms with Gasteiger partial charge in [-0.1, -0.05) is 41.1 Å². The Bertz CT molecular complexity index is 581. The van der Waals surface area contributed by atoms with E-state index in [9.17, 15) is 5.11 Å². The Morgan fingerprint density at radius 1 is 1.27 bits per heavy atom. The van der Waals surface area contributed by atoms with Crippen molar-refractivity contribution in [1.29, 1.82) is 0 Å². The molecule has 2 aromatic rings. The second-order valence-electron chi connectivity index (χ2n) is 5.40. The number of benzene rings is 1. The quantitative estimate of drug-likeness (QED) is 0.598. The summed E-state index contributed by atoms with van der Waals surface area (Å²) in [5.74, 6) is 0.561. The fraction of sp³-hybridized carbons (Fsp3) is 0.500. The van der Waals surface area contributed by atoms with Crippen LogP contribution in [0.3, 0.4) is 0 Å². The molecule has 1 unspecified atom stereocenters. The summed E-state index contributed by atoms with van der Waals surface area (Å²) in [6.07, 6.45) is 2.14. The minimum absolute atomic E-state index is 0.507. The maximum atomic E-state index is 10.4. The Morgan fingerprint density at radius 3 is 2.68 bits per heavy atom. The molecule has 0 fully saturated rings. The zero-order valence-electron chi connectivity index (χ0n) is 13.3. The first-order chi connectivity index (χ1) is 10.6. The van der Waals surface area contributed by atoms with E-state index in [4.69, 9.17) is 4.74 Å². The van der Waals surface area contributed by atoms with Gasteiger partial charge in [0.2, 0.25) is 0 Å². The minimum atomic E-state index is -0.507. The number of methoxy groups -OCH3 is 1. The van der Waals surface area contributed by atoms with Crippen molar-refractivity contribution in [2.45, 2.75) is 38.1 Å². The summed E-state index contributed by atoms with van der Waals surface area (Å²) in [4.78, 5) is 0. The standard InChI is InChI=1S/C16H23N3O2S/c1-12-7-13(2)9-14(8-12)15(20)10-22-16-18-17-11-19(16)5-4-6-21-3/h7-9,11,15,20H,4-6,10H2,1-3H3. The normalized spacial score (nSPS) is 12.5. The number of aliphatic hydroxyl groups excluding tert-OH is 1. The molecule has 1 heterocycles. The number of aryl methyl sites for hydroxylation is 3. The maximum absolute atomic E-state index is 10.4.